The number of carbonyl (C=O) groups is 1. The molecule has 0 aliphatic rings. The number of benzene rings is 1. The Hall–Kier alpha value is -1.46. The smallest absolute Gasteiger partial charge is 0.328 e. The van der Waals surface area contributed by atoms with Gasteiger partial charge < -0.3 is 10.5 Å². The lowest BCUT2D eigenvalue weighted by Crippen LogP contribution is -2.23. The third-order valence-corrected chi connectivity index (χ3v) is 3.96. The fourth-order valence-corrected chi connectivity index (χ4v) is 2.64. The number of halogens is 2. The molecule has 21 heavy (non-hydrogen) atoms. The molecular formula is C14H17Cl2N3O2. The molecule has 0 aliphatic carbocycles. The van der Waals surface area contributed by atoms with E-state index in [9.17, 15) is 4.79 Å². The number of rotatable bonds is 4. The summed E-state index contributed by atoms with van der Waals surface area (Å²) in [5, 5.41) is 0.783. The number of hydrogen-bond acceptors (Lipinski definition) is 4. The van der Waals surface area contributed by atoms with E-state index in [-0.39, 0.29) is 17.8 Å². The second kappa shape index (κ2) is 6.12. The Kier molecular flexibility index (Phi) is 4.64. The quantitative estimate of drug-likeness (QED) is 0.868. The minimum absolute atomic E-state index is 0.236. The number of methoxy groups -OCH3 is 1. The molecule has 0 radical (unpaired) electrons. The first-order valence-corrected chi connectivity index (χ1v) is 7.31. The molecule has 1 heterocycles. The van der Waals surface area contributed by atoms with Gasteiger partial charge in [0.05, 0.1) is 28.2 Å². The summed E-state index contributed by atoms with van der Waals surface area (Å²) in [7, 11) is 1.36. The van der Waals surface area contributed by atoms with Crippen molar-refractivity contribution in [1.82, 2.24) is 9.55 Å². The van der Waals surface area contributed by atoms with E-state index in [0.717, 1.165) is 0 Å². The number of ether oxygens (including phenoxy) is 1. The van der Waals surface area contributed by atoms with Crippen molar-refractivity contribution >= 4 is 46.2 Å². The van der Waals surface area contributed by atoms with Gasteiger partial charge >= 0.3 is 5.97 Å². The van der Waals surface area contributed by atoms with Crippen molar-refractivity contribution in [3.8, 4) is 0 Å². The molecule has 0 saturated carbocycles. The number of esters is 1. The van der Waals surface area contributed by atoms with Crippen molar-refractivity contribution in [2.24, 2.45) is 5.92 Å². The van der Waals surface area contributed by atoms with Crippen LogP contribution in [0, 0.1) is 5.92 Å². The Morgan fingerprint density at radius 1 is 1.38 bits per heavy atom. The third kappa shape index (κ3) is 3.09. The lowest BCUT2D eigenvalue weighted by Gasteiger charge is -2.20. The van der Waals surface area contributed by atoms with Gasteiger partial charge in [-0.15, -0.1) is 0 Å². The number of anilines is 1. The van der Waals surface area contributed by atoms with Crippen molar-refractivity contribution in [1.29, 1.82) is 0 Å². The molecular weight excluding hydrogens is 313 g/mol. The monoisotopic (exact) mass is 329 g/mol. The number of nitrogens with two attached hydrogens (primary N) is 1. The van der Waals surface area contributed by atoms with Crippen LogP contribution in [0.25, 0.3) is 11.0 Å². The molecule has 0 aliphatic heterocycles. The van der Waals surface area contributed by atoms with Crippen LogP contribution in [0.4, 0.5) is 5.95 Å². The van der Waals surface area contributed by atoms with E-state index in [4.69, 9.17) is 33.7 Å². The summed E-state index contributed by atoms with van der Waals surface area (Å²) < 4.78 is 6.55. The number of hydrogen-bond donors (Lipinski definition) is 1. The normalized spacial score (nSPS) is 12.9. The van der Waals surface area contributed by atoms with Crippen LogP contribution in [0.2, 0.25) is 10.0 Å². The maximum absolute atomic E-state index is 12.1. The number of nitrogen functional groups attached to an aromatic ring is 1. The molecule has 0 spiro atoms. The van der Waals surface area contributed by atoms with E-state index < -0.39 is 6.04 Å². The van der Waals surface area contributed by atoms with E-state index in [1.54, 1.807) is 16.7 Å². The van der Waals surface area contributed by atoms with Gasteiger partial charge in [0.2, 0.25) is 5.95 Å². The van der Waals surface area contributed by atoms with Gasteiger partial charge in [0, 0.05) is 0 Å². The fourth-order valence-electron chi connectivity index (χ4n) is 2.33. The molecule has 2 aromatic rings. The molecule has 1 aromatic heterocycles. The number of carbonyl (C=O) groups excluding carboxylic acids is 1. The predicted molar refractivity (Wildman–Crippen MR) is 84.7 cm³/mol. The topological polar surface area (TPSA) is 70.1 Å². The summed E-state index contributed by atoms with van der Waals surface area (Å²) in [6.07, 6.45) is 0.586. The zero-order chi connectivity index (χ0) is 15.7. The van der Waals surface area contributed by atoms with Crippen LogP contribution >= 0.6 is 23.2 Å². The van der Waals surface area contributed by atoms with E-state index in [1.165, 1.54) is 7.11 Å². The molecule has 1 aromatic carbocycles. The van der Waals surface area contributed by atoms with Crippen molar-refractivity contribution in [3.05, 3.63) is 22.2 Å². The summed E-state index contributed by atoms with van der Waals surface area (Å²) in [4.78, 5) is 16.4. The first-order valence-electron chi connectivity index (χ1n) is 6.55. The SMILES string of the molecule is COC(=O)C(CC(C)C)n1c(N)nc2cc(Cl)c(Cl)cc21. The van der Waals surface area contributed by atoms with Crippen LogP contribution in [0.3, 0.4) is 0 Å². The molecule has 5 nitrogen and oxygen atoms in total. The zero-order valence-electron chi connectivity index (χ0n) is 12.1. The van der Waals surface area contributed by atoms with Gasteiger partial charge in [-0.25, -0.2) is 9.78 Å². The van der Waals surface area contributed by atoms with Crippen LogP contribution in [0.5, 0.6) is 0 Å². The Morgan fingerprint density at radius 2 is 2.00 bits per heavy atom. The molecule has 2 N–H and O–H groups in total. The highest BCUT2D eigenvalue weighted by atomic mass is 35.5. The average Bonchev–Trinajstić information content (AvgIpc) is 2.71. The molecule has 0 bridgehead atoms. The molecule has 0 saturated heterocycles. The van der Waals surface area contributed by atoms with Gasteiger partial charge in [0.15, 0.2) is 0 Å². The van der Waals surface area contributed by atoms with E-state index in [0.29, 0.717) is 27.5 Å². The number of aromatic nitrogens is 2. The summed E-state index contributed by atoms with van der Waals surface area (Å²) in [6.45, 7) is 4.05. The Bertz CT molecular complexity index is 682. The van der Waals surface area contributed by atoms with E-state index in [2.05, 4.69) is 4.98 Å². The maximum atomic E-state index is 12.1. The lowest BCUT2D eigenvalue weighted by molar-refractivity contribution is -0.145. The third-order valence-electron chi connectivity index (χ3n) is 3.24. The van der Waals surface area contributed by atoms with Crippen molar-refractivity contribution in [2.45, 2.75) is 26.3 Å². The van der Waals surface area contributed by atoms with Crippen molar-refractivity contribution in [2.75, 3.05) is 12.8 Å². The number of imidazole rings is 1. The van der Waals surface area contributed by atoms with Crippen LogP contribution in [0.15, 0.2) is 12.1 Å². The van der Waals surface area contributed by atoms with E-state index in [1.807, 2.05) is 13.8 Å². The van der Waals surface area contributed by atoms with Crippen LogP contribution in [-0.4, -0.2) is 22.6 Å². The second-order valence-electron chi connectivity index (χ2n) is 5.26. The first kappa shape index (κ1) is 15.9. The zero-order valence-corrected chi connectivity index (χ0v) is 13.6. The standard InChI is InChI=1S/C14H17Cl2N3O2/c1-7(2)4-12(13(20)21-3)19-11-6-9(16)8(15)5-10(11)18-14(19)17/h5-7,12H,4H2,1-3H3,(H2,17,18). The minimum Gasteiger partial charge on any atom is -0.467 e. The Labute approximate surface area is 133 Å². The first-order chi connectivity index (χ1) is 9.85. The summed E-state index contributed by atoms with van der Waals surface area (Å²) in [5.74, 6) is 0.161. The average molecular weight is 330 g/mol. The predicted octanol–water partition coefficient (Wildman–Crippen LogP) is 3.69. The van der Waals surface area contributed by atoms with Gasteiger partial charge in [0.1, 0.15) is 6.04 Å². The van der Waals surface area contributed by atoms with Crippen LogP contribution < -0.4 is 5.73 Å². The summed E-state index contributed by atoms with van der Waals surface area (Å²) >= 11 is 12.1. The molecule has 0 amide bonds. The van der Waals surface area contributed by atoms with Gasteiger partial charge in [-0.2, -0.15) is 0 Å². The highest BCUT2D eigenvalue weighted by Gasteiger charge is 2.27. The van der Waals surface area contributed by atoms with Crippen LogP contribution in [0.1, 0.15) is 26.3 Å². The van der Waals surface area contributed by atoms with Gasteiger partial charge in [0.25, 0.3) is 0 Å². The highest BCUT2D eigenvalue weighted by molar-refractivity contribution is 6.42. The summed E-state index contributed by atoms with van der Waals surface area (Å²) in [5.41, 5.74) is 7.24. The number of fused-ring (bicyclic) bond motifs is 1. The molecule has 114 valence electrons. The second-order valence-corrected chi connectivity index (χ2v) is 6.08. The molecule has 0 fully saturated rings. The minimum atomic E-state index is -0.544. The molecule has 1 atom stereocenters. The van der Waals surface area contributed by atoms with Crippen LogP contribution in [-0.2, 0) is 9.53 Å². The van der Waals surface area contributed by atoms with E-state index >= 15 is 0 Å². The Morgan fingerprint density at radius 3 is 2.57 bits per heavy atom. The molecule has 1 unspecified atom stereocenters. The fraction of sp³-hybridized carbons (Fsp3) is 0.429. The Balaban J connectivity index is 2.64. The lowest BCUT2D eigenvalue weighted by atomic mass is 10.0. The van der Waals surface area contributed by atoms with Crippen molar-refractivity contribution in [3.63, 3.8) is 0 Å². The summed E-state index contributed by atoms with van der Waals surface area (Å²) in [6, 6.07) is 2.76. The highest BCUT2D eigenvalue weighted by Crippen LogP contribution is 2.33. The molecule has 2 rings (SSSR count). The van der Waals surface area contributed by atoms with Gasteiger partial charge in [-0.3, -0.25) is 4.57 Å². The van der Waals surface area contributed by atoms with Gasteiger partial charge in [-0.05, 0) is 24.5 Å². The van der Waals surface area contributed by atoms with Crippen molar-refractivity contribution < 1.29 is 9.53 Å². The molecule has 7 heteroatoms. The maximum Gasteiger partial charge on any atom is 0.328 e. The largest absolute Gasteiger partial charge is 0.467 e. The van der Waals surface area contributed by atoms with Gasteiger partial charge in [-0.1, -0.05) is 37.0 Å². The number of nitrogens with zero attached hydrogens (tertiary/aromatic N) is 2.